The fourth-order valence-corrected chi connectivity index (χ4v) is 3.59. The van der Waals surface area contributed by atoms with Crippen LogP contribution in [-0.4, -0.2) is 23.6 Å². The molecule has 1 N–H and O–H groups in total. The number of amides is 1. The maximum absolute atomic E-state index is 14.2. The molecule has 1 aliphatic heterocycles. The Morgan fingerprint density at radius 1 is 1.12 bits per heavy atom. The van der Waals surface area contributed by atoms with E-state index in [1.54, 1.807) is 32.0 Å². The number of hydrazine groups is 1. The molecule has 0 aromatic heterocycles. The molecule has 1 atom stereocenters. The summed E-state index contributed by atoms with van der Waals surface area (Å²) in [4.78, 5) is 12.1. The van der Waals surface area contributed by atoms with Crippen LogP contribution in [0.1, 0.15) is 50.8 Å². The van der Waals surface area contributed by atoms with E-state index in [0.717, 1.165) is 10.4 Å². The summed E-state index contributed by atoms with van der Waals surface area (Å²) in [5, 5.41) is 2.38. The number of hydrogen-bond donors (Lipinski definition) is 1. The first-order chi connectivity index (χ1) is 12.0. The van der Waals surface area contributed by atoms with E-state index in [1.807, 2.05) is 32.0 Å². The smallest absolute Gasteiger partial charge is 0.287 e. The lowest BCUT2D eigenvalue weighted by Gasteiger charge is -2.33. The number of hydrogen-bond acceptors (Lipinski definition) is 2. The van der Waals surface area contributed by atoms with Crippen LogP contribution in [-0.2, 0) is 4.79 Å². The summed E-state index contributed by atoms with van der Waals surface area (Å²) >= 11 is 0. The van der Waals surface area contributed by atoms with Crippen LogP contribution in [0, 0.1) is 5.41 Å². The van der Waals surface area contributed by atoms with E-state index in [4.69, 9.17) is 0 Å². The number of carbonyl (C=O) groups is 1. The summed E-state index contributed by atoms with van der Waals surface area (Å²) < 4.78 is 42.6. The van der Waals surface area contributed by atoms with Crippen LogP contribution in [0.5, 0.6) is 0 Å². The van der Waals surface area contributed by atoms with Gasteiger partial charge < -0.3 is 0 Å². The monoisotopic (exact) mass is 364 g/mol. The van der Waals surface area contributed by atoms with Crippen molar-refractivity contribution in [3.05, 3.63) is 47.5 Å². The second-order valence-corrected chi connectivity index (χ2v) is 7.84. The molecule has 0 aliphatic carbocycles. The van der Waals surface area contributed by atoms with E-state index in [2.05, 4.69) is 5.43 Å². The molecule has 1 heterocycles. The normalized spacial score (nSPS) is 19.2. The molecule has 1 saturated heterocycles. The number of alkyl halides is 3. The Morgan fingerprint density at radius 2 is 1.77 bits per heavy atom. The molecular formula is C20H23F3N2O. The third-order valence-corrected chi connectivity index (χ3v) is 4.95. The largest absolute Gasteiger partial charge is 0.409 e. The summed E-state index contributed by atoms with van der Waals surface area (Å²) in [6.07, 6.45) is -4.53. The van der Waals surface area contributed by atoms with Crippen molar-refractivity contribution >= 4 is 16.7 Å². The third kappa shape index (κ3) is 3.18. The molecule has 1 amide bonds. The quantitative estimate of drug-likeness (QED) is 0.837. The minimum atomic E-state index is -4.53. The van der Waals surface area contributed by atoms with Crippen LogP contribution in [0.15, 0.2) is 36.4 Å². The van der Waals surface area contributed by atoms with Gasteiger partial charge in [0.25, 0.3) is 0 Å². The minimum Gasteiger partial charge on any atom is -0.287 e. The fourth-order valence-electron chi connectivity index (χ4n) is 3.59. The molecular weight excluding hydrogens is 341 g/mol. The van der Waals surface area contributed by atoms with Crippen LogP contribution in [0.25, 0.3) is 10.8 Å². The molecule has 1 fully saturated rings. The highest BCUT2D eigenvalue weighted by molar-refractivity contribution is 5.88. The van der Waals surface area contributed by atoms with Crippen LogP contribution >= 0.6 is 0 Å². The predicted octanol–water partition coefficient (Wildman–Crippen LogP) is 4.94. The van der Waals surface area contributed by atoms with Gasteiger partial charge in [0.05, 0.1) is 5.41 Å². The van der Waals surface area contributed by atoms with Gasteiger partial charge in [0.15, 0.2) is 6.04 Å². The van der Waals surface area contributed by atoms with Gasteiger partial charge in [0.2, 0.25) is 5.91 Å². The lowest BCUT2D eigenvalue weighted by atomic mass is 9.87. The van der Waals surface area contributed by atoms with Crippen molar-refractivity contribution < 1.29 is 18.0 Å². The molecule has 3 rings (SSSR count). The van der Waals surface area contributed by atoms with Gasteiger partial charge in [-0.15, -0.1) is 0 Å². The third-order valence-electron chi connectivity index (χ3n) is 4.95. The minimum absolute atomic E-state index is 0.00321. The molecule has 1 aliphatic rings. The Morgan fingerprint density at radius 3 is 2.31 bits per heavy atom. The second-order valence-electron chi connectivity index (χ2n) is 7.84. The molecule has 0 spiro atoms. The molecule has 2 aromatic carbocycles. The molecule has 6 heteroatoms. The Hall–Kier alpha value is -2.08. The van der Waals surface area contributed by atoms with Gasteiger partial charge >= 0.3 is 6.18 Å². The number of fused-ring (bicyclic) bond motifs is 1. The van der Waals surface area contributed by atoms with E-state index in [1.165, 1.54) is 0 Å². The van der Waals surface area contributed by atoms with Crippen molar-refractivity contribution in [1.29, 1.82) is 0 Å². The van der Waals surface area contributed by atoms with Gasteiger partial charge in [-0.1, -0.05) is 50.2 Å². The highest BCUT2D eigenvalue weighted by Crippen LogP contribution is 2.45. The van der Waals surface area contributed by atoms with E-state index in [9.17, 15) is 18.0 Å². The van der Waals surface area contributed by atoms with Gasteiger partial charge in [-0.3, -0.25) is 10.2 Å². The molecule has 0 radical (unpaired) electrons. The fraction of sp³-hybridized carbons (Fsp3) is 0.450. The summed E-state index contributed by atoms with van der Waals surface area (Å²) in [6, 6.07) is 8.82. The van der Waals surface area contributed by atoms with E-state index in [0.29, 0.717) is 10.9 Å². The molecule has 0 bridgehead atoms. The predicted molar refractivity (Wildman–Crippen MR) is 95.5 cm³/mol. The summed E-state index contributed by atoms with van der Waals surface area (Å²) in [5.74, 6) is -0.469. The molecule has 2 aromatic rings. The molecule has 26 heavy (non-hydrogen) atoms. The maximum atomic E-state index is 14.2. The first-order valence-corrected chi connectivity index (χ1v) is 8.68. The number of rotatable bonds is 3. The number of carbonyl (C=O) groups excluding carboxylic acids is 1. The summed E-state index contributed by atoms with van der Waals surface area (Å²) in [6.45, 7) is 7.07. The molecule has 0 saturated carbocycles. The highest BCUT2D eigenvalue weighted by Gasteiger charge is 2.52. The van der Waals surface area contributed by atoms with Crippen LogP contribution < -0.4 is 5.43 Å². The average molecular weight is 364 g/mol. The lowest BCUT2D eigenvalue weighted by Crippen LogP contribution is -2.44. The van der Waals surface area contributed by atoms with E-state index < -0.39 is 23.5 Å². The van der Waals surface area contributed by atoms with Crippen molar-refractivity contribution in [2.75, 3.05) is 6.54 Å². The van der Waals surface area contributed by atoms with Crippen molar-refractivity contribution in [1.82, 2.24) is 10.4 Å². The summed E-state index contributed by atoms with van der Waals surface area (Å²) in [5.41, 5.74) is 2.45. The number of halogens is 3. The number of nitrogens with zero attached hydrogens (tertiary/aromatic N) is 1. The van der Waals surface area contributed by atoms with Crippen LogP contribution in [0.3, 0.4) is 0 Å². The van der Waals surface area contributed by atoms with Crippen molar-refractivity contribution in [3.63, 3.8) is 0 Å². The van der Waals surface area contributed by atoms with Crippen molar-refractivity contribution in [2.24, 2.45) is 5.41 Å². The topological polar surface area (TPSA) is 32.3 Å². The average Bonchev–Trinajstić information content (AvgIpc) is 2.79. The zero-order chi connectivity index (χ0) is 19.3. The Balaban J connectivity index is 2.25. The first kappa shape index (κ1) is 18.7. The van der Waals surface area contributed by atoms with E-state index in [-0.39, 0.29) is 18.0 Å². The van der Waals surface area contributed by atoms with E-state index >= 15 is 0 Å². The van der Waals surface area contributed by atoms with Crippen molar-refractivity contribution in [3.8, 4) is 0 Å². The number of nitrogens with one attached hydrogen (secondary N) is 1. The maximum Gasteiger partial charge on any atom is 0.409 e. The van der Waals surface area contributed by atoms with Gasteiger partial charge in [-0.2, -0.15) is 13.2 Å². The lowest BCUT2D eigenvalue weighted by molar-refractivity contribution is -0.191. The SMILES string of the molecule is CC(C)c1ccc2ccccc2c1C(N1CC(C)(C)C(=O)N1)C(F)(F)F. The van der Waals surface area contributed by atoms with Gasteiger partial charge in [-0.05, 0) is 41.7 Å². The van der Waals surface area contributed by atoms with Gasteiger partial charge in [0, 0.05) is 6.54 Å². The Labute approximate surface area is 151 Å². The van der Waals surface area contributed by atoms with Crippen LogP contribution in [0.2, 0.25) is 0 Å². The Bertz CT molecular complexity index is 843. The van der Waals surface area contributed by atoms with Crippen LogP contribution in [0.4, 0.5) is 13.2 Å². The zero-order valence-electron chi connectivity index (χ0n) is 15.3. The summed E-state index contributed by atoms with van der Waals surface area (Å²) in [7, 11) is 0. The standard InChI is InChI=1S/C20H23F3N2O/c1-12(2)14-10-9-13-7-5-6-8-15(13)16(14)17(20(21,22)23)25-11-19(3,4)18(26)24-25/h5-10,12,17H,11H2,1-4H3,(H,24,26). The molecule has 140 valence electrons. The van der Waals surface area contributed by atoms with Crippen molar-refractivity contribution in [2.45, 2.75) is 45.8 Å². The second kappa shape index (κ2) is 6.27. The Kier molecular flexibility index (Phi) is 4.51. The van der Waals surface area contributed by atoms with Gasteiger partial charge in [0.1, 0.15) is 0 Å². The highest BCUT2D eigenvalue weighted by atomic mass is 19.4. The zero-order valence-corrected chi connectivity index (χ0v) is 15.3. The number of benzene rings is 2. The first-order valence-electron chi connectivity index (χ1n) is 8.68. The van der Waals surface area contributed by atoms with Gasteiger partial charge in [-0.25, -0.2) is 5.01 Å². The molecule has 1 unspecified atom stereocenters. The molecule has 3 nitrogen and oxygen atoms in total.